The number of rotatable bonds is 3. The fraction of sp³-hybridized carbons (Fsp3) is 0.364. The van der Waals surface area contributed by atoms with Crippen LogP contribution in [0.1, 0.15) is 61.1 Å². The molecule has 0 spiro atoms. The van der Waals surface area contributed by atoms with Gasteiger partial charge in [0.1, 0.15) is 0 Å². The number of aryl methyl sites for hydroxylation is 2. The summed E-state index contributed by atoms with van der Waals surface area (Å²) in [5, 5.41) is 0. The van der Waals surface area contributed by atoms with Crippen LogP contribution in [0.25, 0.3) is 21.9 Å². The molecule has 0 aliphatic rings. The van der Waals surface area contributed by atoms with E-state index in [1.165, 1.54) is 29.3 Å². The Morgan fingerprint density at radius 3 is 1.40 bits per heavy atom. The van der Waals surface area contributed by atoms with Crippen LogP contribution in [0.3, 0.4) is 0 Å². The zero-order valence-corrected chi connectivity index (χ0v) is 19.3. The van der Waals surface area contributed by atoms with Gasteiger partial charge in [-0.1, -0.05) is 41.5 Å². The van der Waals surface area contributed by atoms with Crippen molar-refractivity contribution < 1.29 is 0 Å². The van der Waals surface area contributed by atoms with Gasteiger partial charge in [-0.2, -0.15) is 0 Å². The van der Waals surface area contributed by atoms with Gasteiger partial charge in [-0.15, -0.1) is 34.0 Å². The molecule has 3 heterocycles. The number of hydrogen-bond acceptors (Lipinski definition) is 3. The molecule has 0 unspecified atom stereocenters. The lowest BCUT2D eigenvalue weighted by Gasteiger charge is -1.88. The average Bonchev–Trinajstić information content (AvgIpc) is 3.39. The molecule has 0 radical (unpaired) electrons. The first-order chi connectivity index (χ1) is 12.2. The van der Waals surface area contributed by atoms with Gasteiger partial charge in [0.25, 0.3) is 0 Å². The lowest BCUT2D eigenvalue weighted by molar-refractivity contribution is 1.50. The topological polar surface area (TPSA) is 0 Å². The van der Waals surface area contributed by atoms with Crippen LogP contribution in [0, 0.1) is 13.8 Å². The van der Waals surface area contributed by atoms with Crippen molar-refractivity contribution in [2.45, 2.75) is 55.4 Å². The van der Waals surface area contributed by atoms with E-state index in [4.69, 9.17) is 0 Å². The highest BCUT2D eigenvalue weighted by atomic mass is 32.1. The molecule has 3 aromatic heterocycles. The van der Waals surface area contributed by atoms with Gasteiger partial charge in [-0.25, -0.2) is 0 Å². The Balaban J connectivity index is 0.000000871. The molecular formula is C22H32S3. The van der Waals surface area contributed by atoms with E-state index in [0.717, 1.165) is 0 Å². The summed E-state index contributed by atoms with van der Waals surface area (Å²) in [6.45, 7) is 16.3. The van der Waals surface area contributed by atoms with Crippen molar-refractivity contribution in [1.82, 2.24) is 0 Å². The fourth-order valence-corrected chi connectivity index (χ4v) is 4.50. The fourth-order valence-electron chi connectivity index (χ4n) is 1.85. The molecule has 0 nitrogen and oxygen atoms in total. The Morgan fingerprint density at radius 1 is 0.520 bits per heavy atom. The van der Waals surface area contributed by atoms with Gasteiger partial charge in [0, 0.05) is 29.3 Å². The zero-order valence-electron chi connectivity index (χ0n) is 16.8. The largest absolute Gasteiger partial charge is 0.141 e. The summed E-state index contributed by atoms with van der Waals surface area (Å²) in [4.78, 5) is 8.09. The van der Waals surface area contributed by atoms with Crippen molar-refractivity contribution in [2.24, 2.45) is 0 Å². The summed E-state index contributed by atoms with van der Waals surface area (Å²) < 4.78 is 0. The summed E-state index contributed by atoms with van der Waals surface area (Å²) in [5.74, 6) is 0. The van der Waals surface area contributed by atoms with E-state index in [-0.39, 0.29) is 0 Å². The summed E-state index contributed by atoms with van der Waals surface area (Å²) >= 11 is 5.55. The Kier molecular flexibility index (Phi) is 13.4. The van der Waals surface area contributed by atoms with E-state index >= 15 is 0 Å². The van der Waals surface area contributed by atoms with Crippen molar-refractivity contribution in [3.8, 4) is 9.75 Å². The molecule has 0 bridgehead atoms. The molecule has 0 aliphatic carbocycles. The normalized spacial score (nSPS) is 9.44. The van der Waals surface area contributed by atoms with Crippen LogP contribution in [0.5, 0.6) is 0 Å². The van der Waals surface area contributed by atoms with Crippen molar-refractivity contribution in [2.75, 3.05) is 0 Å². The van der Waals surface area contributed by atoms with Gasteiger partial charge >= 0.3 is 0 Å². The molecule has 0 N–H and O–H groups in total. The van der Waals surface area contributed by atoms with Crippen molar-refractivity contribution in [3.63, 3.8) is 0 Å². The maximum atomic E-state index is 2.22. The Hall–Kier alpha value is -1.16. The Bertz CT molecular complexity index is 711. The molecule has 3 heteroatoms. The molecule has 0 aromatic carbocycles. The Labute approximate surface area is 166 Å². The van der Waals surface area contributed by atoms with Crippen LogP contribution in [0.15, 0.2) is 36.4 Å². The summed E-state index contributed by atoms with van der Waals surface area (Å²) in [6.07, 6.45) is 4.41. The van der Waals surface area contributed by atoms with Gasteiger partial charge in [-0.05, 0) is 62.4 Å². The first kappa shape index (κ1) is 23.8. The van der Waals surface area contributed by atoms with Gasteiger partial charge in [0.05, 0.1) is 0 Å². The molecule has 0 aliphatic heterocycles. The minimum Gasteiger partial charge on any atom is -0.141 e. The second-order valence-electron chi connectivity index (χ2n) is 4.39. The van der Waals surface area contributed by atoms with Crippen LogP contribution in [-0.4, -0.2) is 0 Å². The molecule has 138 valence electrons. The molecule has 3 rings (SSSR count). The minimum absolute atomic E-state index is 1.31. The molecule has 0 atom stereocenters. The van der Waals surface area contributed by atoms with Crippen LogP contribution in [0.2, 0.25) is 0 Å². The van der Waals surface area contributed by atoms with E-state index in [9.17, 15) is 0 Å². The van der Waals surface area contributed by atoms with E-state index in [2.05, 4.69) is 62.4 Å². The maximum absolute atomic E-state index is 2.22. The van der Waals surface area contributed by atoms with Gasteiger partial charge < -0.3 is 0 Å². The lowest BCUT2D eigenvalue weighted by atomic mass is 10.3. The highest BCUT2D eigenvalue weighted by Crippen LogP contribution is 2.34. The van der Waals surface area contributed by atoms with Crippen LogP contribution < -0.4 is 0 Å². The third-order valence-corrected chi connectivity index (χ3v) is 6.00. The maximum Gasteiger partial charge on any atom is 0.0449 e. The third-order valence-electron chi connectivity index (χ3n) is 2.78. The standard InChI is InChI=1S/C16H14S3.3C2H6/c1-11-3-5-13(17-11)6-7-14-8-10-16(19-14)15-9-4-12(2)18-15;3*1-2/h3-10H,1-2H3;3*1-2H3. The van der Waals surface area contributed by atoms with Gasteiger partial charge in [-0.3, -0.25) is 0 Å². The van der Waals surface area contributed by atoms with Gasteiger partial charge in [0.15, 0.2) is 0 Å². The third kappa shape index (κ3) is 8.17. The number of hydrogen-bond donors (Lipinski definition) is 0. The quantitative estimate of drug-likeness (QED) is 0.416. The van der Waals surface area contributed by atoms with E-state index in [0.29, 0.717) is 0 Å². The van der Waals surface area contributed by atoms with E-state index < -0.39 is 0 Å². The molecule has 0 saturated carbocycles. The predicted molar refractivity (Wildman–Crippen MR) is 124 cm³/mol. The molecule has 0 fully saturated rings. The lowest BCUT2D eigenvalue weighted by Crippen LogP contribution is -1.58. The second kappa shape index (κ2) is 14.1. The molecule has 0 saturated heterocycles. The first-order valence-electron chi connectivity index (χ1n) is 9.12. The number of thiophene rings is 3. The van der Waals surface area contributed by atoms with Crippen LogP contribution in [0.4, 0.5) is 0 Å². The highest BCUT2D eigenvalue weighted by molar-refractivity contribution is 7.22. The summed E-state index contributed by atoms with van der Waals surface area (Å²) in [7, 11) is 0. The molecule has 3 aromatic rings. The average molecular weight is 393 g/mol. The molecule has 0 amide bonds. The minimum atomic E-state index is 1.31. The van der Waals surface area contributed by atoms with Crippen LogP contribution in [-0.2, 0) is 0 Å². The predicted octanol–water partition coefficient (Wildman–Crippen LogP) is 9.40. The smallest absolute Gasteiger partial charge is 0.0449 e. The van der Waals surface area contributed by atoms with Crippen molar-refractivity contribution >= 4 is 46.2 Å². The van der Waals surface area contributed by atoms with E-state index in [1.54, 1.807) is 0 Å². The molecule has 25 heavy (non-hydrogen) atoms. The van der Waals surface area contributed by atoms with Crippen molar-refractivity contribution in [1.29, 1.82) is 0 Å². The summed E-state index contributed by atoms with van der Waals surface area (Å²) in [6, 6.07) is 13.2. The van der Waals surface area contributed by atoms with Crippen LogP contribution >= 0.6 is 34.0 Å². The van der Waals surface area contributed by atoms with Crippen molar-refractivity contribution in [3.05, 3.63) is 55.9 Å². The second-order valence-corrected chi connectivity index (χ2v) is 8.12. The monoisotopic (exact) mass is 392 g/mol. The zero-order chi connectivity index (χ0) is 19.2. The summed E-state index contributed by atoms with van der Waals surface area (Å²) in [5.41, 5.74) is 0. The van der Waals surface area contributed by atoms with E-state index in [1.807, 2.05) is 75.6 Å². The highest BCUT2D eigenvalue weighted by Gasteiger charge is 2.03. The first-order valence-corrected chi connectivity index (χ1v) is 11.6. The molecular weight excluding hydrogens is 360 g/mol. The van der Waals surface area contributed by atoms with Gasteiger partial charge in [0.2, 0.25) is 0 Å². The Morgan fingerprint density at radius 2 is 0.920 bits per heavy atom. The SMILES string of the molecule is CC.CC.CC.Cc1ccc(C=Cc2ccc(-c3ccc(C)s3)s2)s1.